The minimum atomic E-state index is -1.19. The molecule has 1 heterocycles. The van der Waals surface area contributed by atoms with Gasteiger partial charge >= 0.3 is 5.97 Å². The first-order valence-corrected chi connectivity index (χ1v) is 10.3. The Morgan fingerprint density at radius 2 is 1.71 bits per heavy atom. The quantitative estimate of drug-likeness (QED) is 0.255. The highest BCUT2D eigenvalue weighted by atomic mass is 16.4. The fourth-order valence-corrected chi connectivity index (χ4v) is 2.76. The van der Waals surface area contributed by atoms with Crippen molar-refractivity contribution < 1.29 is 24.3 Å². The van der Waals surface area contributed by atoms with Crippen molar-refractivity contribution in [2.75, 3.05) is 0 Å². The number of hydrogen-bond acceptors (Lipinski definition) is 6. The van der Waals surface area contributed by atoms with Crippen LogP contribution in [0.2, 0.25) is 0 Å². The Hall–Kier alpha value is -2.95. The van der Waals surface area contributed by atoms with Gasteiger partial charge < -0.3 is 31.8 Å². The molecule has 0 spiro atoms. The second-order valence-electron chi connectivity index (χ2n) is 8.05. The average Bonchev–Trinajstić information content (AvgIpc) is 3.22. The molecule has 5 unspecified atom stereocenters. The fourth-order valence-electron chi connectivity index (χ4n) is 2.76. The van der Waals surface area contributed by atoms with Gasteiger partial charge in [-0.2, -0.15) is 0 Å². The topological polar surface area (TPSA) is 179 Å². The summed E-state index contributed by atoms with van der Waals surface area (Å²) in [6.45, 7) is 8.53. The number of amides is 3. The summed E-state index contributed by atoms with van der Waals surface area (Å²) in [4.78, 5) is 55.9. The molecule has 0 aromatic carbocycles. The zero-order valence-electron chi connectivity index (χ0n) is 18.6. The molecule has 0 aliphatic rings. The molecular formula is C20H34N6O5. The predicted molar refractivity (Wildman–Crippen MR) is 114 cm³/mol. The minimum absolute atomic E-state index is 0.0810. The largest absolute Gasteiger partial charge is 0.480 e. The lowest BCUT2D eigenvalue weighted by atomic mass is 9.98. The standard InChI is InChI=1S/C20H34N6O5/c1-6-11(4)15(21)18(28)25-14(7-13-8-22-9-23-13)17(27)26-16(10(2)3)19(29)24-12(5)20(30)31/h8-12,14-16H,6-7,21H2,1-5H3,(H,22,23)(H,24,29)(H,25,28)(H,26,27)(H,30,31). The first kappa shape index (κ1) is 26.1. The van der Waals surface area contributed by atoms with E-state index in [-0.39, 0.29) is 18.3 Å². The first-order valence-electron chi connectivity index (χ1n) is 10.3. The van der Waals surface area contributed by atoms with E-state index in [4.69, 9.17) is 10.8 Å². The predicted octanol–water partition coefficient (Wildman–Crippen LogP) is -0.459. The summed E-state index contributed by atoms with van der Waals surface area (Å²) in [6, 6.07) is -3.89. The van der Waals surface area contributed by atoms with E-state index in [9.17, 15) is 19.2 Å². The maximum Gasteiger partial charge on any atom is 0.325 e. The third-order valence-electron chi connectivity index (χ3n) is 5.15. The van der Waals surface area contributed by atoms with Gasteiger partial charge in [0.25, 0.3) is 0 Å². The number of hydrogen-bond donors (Lipinski definition) is 6. The Morgan fingerprint density at radius 1 is 1.06 bits per heavy atom. The number of aromatic amines is 1. The van der Waals surface area contributed by atoms with Crippen molar-refractivity contribution in [1.29, 1.82) is 0 Å². The van der Waals surface area contributed by atoms with Gasteiger partial charge in [-0.15, -0.1) is 0 Å². The number of aromatic nitrogens is 2. The van der Waals surface area contributed by atoms with Crippen LogP contribution in [0.15, 0.2) is 12.5 Å². The van der Waals surface area contributed by atoms with Gasteiger partial charge in [0.15, 0.2) is 0 Å². The number of nitrogens with one attached hydrogen (secondary N) is 4. The Labute approximate surface area is 181 Å². The van der Waals surface area contributed by atoms with Gasteiger partial charge in [-0.25, -0.2) is 4.98 Å². The summed E-state index contributed by atoms with van der Waals surface area (Å²) < 4.78 is 0. The van der Waals surface area contributed by atoms with E-state index in [1.165, 1.54) is 19.4 Å². The van der Waals surface area contributed by atoms with Gasteiger partial charge in [0.1, 0.15) is 18.1 Å². The molecule has 11 heteroatoms. The van der Waals surface area contributed by atoms with Crippen molar-refractivity contribution in [3.05, 3.63) is 18.2 Å². The summed E-state index contributed by atoms with van der Waals surface area (Å²) in [7, 11) is 0. The average molecular weight is 439 g/mol. The molecule has 0 fully saturated rings. The number of rotatable bonds is 12. The van der Waals surface area contributed by atoms with Gasteiger partial charge in [0.05, 0.1) is 12.4 Å². The zero-order valence-corrected chi connectivity index (χ0v) is 18.6. The van der Waals surface area contributed by atoms with Gasteiger partial charge in [-0.3, -0.25) is 19.2 Å². The highest BCUT2D eigenvalue weighted by molar-refractivity contribution is 5.94. The van der Waals surface area contributed by atoms with Crippen LogP contribution >= 0.6 is 0 Å². The number of H-pyrrole nitrogens is 1. The number of aliphatic carboxylic acids is 1. The molecule has 0 saturated heterocycles. The highest BCUT2D eigenvalue weighted by Crippen LogP contribution is 2.08. The molecule has 0 saturated carbocycles. The third-order valence-corrected chi connectivity index (χ3v) is 5.15. The van der Waals surface area contributed by atoms with Crippen LogP contribution in [0, 0.1) is 11.8 Å². The van der Waals surface area contributed by atoms with E-state index in [1.54, 1.807) is 13.8 Å². The molecule has 1 aromatic heterocycles. The second kappa shape index (κ2) is 12.0. The molecular weight excluding hydrogens is 404 g/mol. The van der Waals surface area contributed by atoms with Crippen LogP contribution in [-0.2, 0) is 25.6 Å². The number of nitrogens with zero attached hydrogens (tertiary/aromatic N) is 1. The van der Waals surface area contributed by atoms with Crippen molar-refractivity contribution in [1.82, 2.24) is 25.9 Å². The van der Waals surface area contributed by atoms with Crippen molar-refractivity contribution in [3.8, 4) is 0 Å². The molecule has 7 N–H and O–H groups in total. The fraction of sp³-hybridized carbons (Fsp3) is 0.650. The minimum Gasteiger partial charge on any atom is -0.480 e. The summed E-state index contributed by atoms with van der Waals surface area (Å²) >= 11 is 0. The lowest BCUT2D eigenvalue weighted by Crippen LogP contribution is -2.59. The summed E-state index contributed by atoms with van der Waals surface area (Å²) in [5, 5.41) is 16.7. The smallest absolute Gasteiger partial charge is 0.325 e. The Kier molecular flexibility index (Phi) is 10.1. The van der Waals surface area contributed by atoms with Crippen LogP contribution in [0.25, 0.3) is 0 Å². The molecule has 0 radical (unpaired) electrons. The monoisotopic (exact) mass is 438 g/mol. The van der Waals surface area contributed by atoms with Crippen LogP contribution < -0.4 is 21.7 Å². The third kappa shape index (κ3) is 8.00. The molecule has 0 bridgehead atoms. The summed E-state index contributed by atoms with van der Waals surface area (Å²) in [6.07, 6.45) is 3.79. The molecule has 3 amide bonds. The number of carboxylic acids is 1. The molecule has 1 aromatic rings. The number of nitrogens with two attached hydrogens (primary N) is 1. The lowest BCUT2D eigenvalue weighted by Gasteiger charge is -2.27. The number of carboxylic acid groups (broad SMARTS) is 1. The number of carbonyl (C=O) groups is 4. The highest BCUT2D eigenvalue weighted by Gasteiger charge is 2.32. The van der Waals surface area contributed by atoms with E-state index < -0.39 is 47.9 Å². The van der Waals surface area contributed by atoms with Gasteiger partial charge in [-0.1, -0.05) is 34.1 Å². The van der Waals surface area contributed by atoms with Crippen LogP contribution in [0.4, 0.5) is 0 Å². The maximum absolute atomic E-state index is 13.0. The molecule has 174 valence electrons. The first-order chi connectivity index (χ1) is 14.5. The molecule has 5 atom stereocenters. The van der Waals surface area contributed by atoms with E-state index in [1.807, 2.05) is 13.8 Å². The Balaban J connectivity index is 2.99. The van der Waals surface area contributed by atoms with E-state index in [2.05, 4.69) is 25.9 Å². The second-order valence-corrected chi connectivity index (χ2v) is 8.05. The van der Waals surface area contributed by atoms with Crippen LogP contribution in [0.3, 0.4) is 0 Å². The normalized spacial score (nSPS) is 16.0. The van der Waals surface area contributed by atoms with E-state index >= 15 is 0 Å². The van der Waals surface area contributed by atoms with Gasteiger partial charge in [0, 0.05) is 18.3 Å². The lowest BCUT2D eigenvalue weighted by molar-refractivity contribution is -0.142. The molecule has 0 aliphatic carbocycles. The zero-order chi connectivity index (χ0) is 23.7. The van der Waals surface area contributed by atoms with Crippen LogP contribution in [0.1, 0.15) is 46.7 Å². The Bertz CT molecular complexity index is 751. The van der Waals surface area contributed by atoms with Gasteiger partial charge in [-0.05, 0) is 18.8 Å². The van der Waals surface area contributed by atoms with Crippen molar-refractivity contribution in [3.63, 3.8) is 0 Å². The summed E-state index contributed by atoms with van der Waals surface area (Å²) in [5.41, 5.74) is 6.60. The van der Waals surface area contributed by atoms with Crippen LogP contribution in [-0.4, -0.2) is 62.9 Å². The van der Waals surface area contributed by atoms with Gasteiger partial charge in [0.2, 0.25) is 17.7 Å². The van der Waals surface area contributed by atoms with Crippen LogP contribution in [0.5, 0.6) is 0 Å². The molecule has 1 rings (SSSR count). The van der Waals surface area contributed by atoms with Crippen molar-refractivity contribution >= 4 is 23.7 Å². The number of carbonyl (C=O) groups excluding carboxylic acids is 3. The van der Waals surface area contributed by atoms with Crippen molar-refractivity contribution in [2.45, 2.75) is 71.6 Å². The SMILES string of the molecule is CCC(C)C(N)C(=O)NC(Cc1cnc[nH]1)C(=O)NC(C(=O)NC(C)C(=O)O)C(C)C. The molecule has 11 nitrogen and oxygen atoms in total. The van der Waals surface area contributed by atoms with E-state index in [0.29, 0.717) is 12.1 Å². The van der Waals surface area contributed by atoms with Crippen molar-refractivity contribution in [2.24, 2.45) is 17.6 Å². The summed E-state index contributed by atoms with van der Waals surface area (Å²) in [5.74, 6) is -3.28. The molecule has 31 heavy (non-hydrogen) atoms. The number of imidazole rings is 1. The van der Waals surface area contributed by atoms with E-state index in [0.717, 1.165) is 0 Å². The Morgan fingerprint density at radius 3 is 2.19 bits per heavy atom. The maximum atomic E-state index is 13.0. The molecule has 0 aliphatic heterocycles.